The third-order valence-electron chi connectivity index (χ3n) is 4.74. The quantitative estimate of drug-likeness (QED) is 0.624. The molecule has 0 saturated carbocycles. The summed E-state index contributed by atoms with van der Waals surface area (Å²) in [4.78, 5) is 21.2. The number of benzene rings is 1. The van der Waals surface area contributed by atoms with Gasteiger partial charge in [-0.05, 0) is 50.6 Å². The van der Waals surface area contributed by atoms with Crippen LogP contribution in [0.15, 0.2) is 40.2 Å². The number of sulfone groups is 1. The molecule has 0 fully saturated rings. The van der Waals surface area contributed by atoms with Crippen LogP contribution >= 0.6 is 0 Å². The molecule has 3 rings (SSSR count). The fourth-order valence-corrected chi connectivity index (χ4v) is 4.06. The van der Waals surface area contributed by atoms with Crippen molar-refractivity contribution in [3.05, 3.63) is 51.9 Å². The molecule has 2 aromatic heterocycles. The van der Waals surface area contributed by atoms with Crippen LogP contribution in [0.5, 0.6) is 0 Å². The van der Waals surface area contributed by atoms with Gasteiger partial charge in [0.05, 0.1) is 16.2 Å². The Kier molecular flexibility index (Phi) is 5.89. The maximum atomic E-state index is 13.2. The molecule has 0 aliphatic rings. The lowest BCUT2D eigenvalue weighted by atomic mass is 10.2. The number of halogens is 2. The molecule has 160 valence electrons. The number of anilines is 2. The van der Waals surface area contributed by atoms with Gasteiger partial charge in [0, 0.05) is 23.3 Å². The van der Waals surface area contributed by atoms with Gasteiger partial charge in [0.15, 0.2) is 9.84 Å². The first-order valence-electron chi connectivity index (χ1n) is 9.36. The maximum Gasteiger partial charge on any atom is 0.269 e. The largest absolute Gasteiger partial charge is 0.324 e. The van der Waals surface area contributed by atoms with Crippen LogP contribution in [0.4, 0.5) is 20.4 Å². The number of hydrogen-bond donors (Lipinski definition) is 1. The number of aryl methyl sites for hydroxylation is 1. The molecule has 10 heteroatoms. The van der Waals surface area contributed by atoms with Crippen LogP contribution in [0.1, 0.15) is 44.4 Å². The first-order chi connectivity index (χ1) is 14.0. The Morgan fingerprint density at radius 1 is 1.20 bits per heavy atom. The molecular formula is C20H22F2N4O3S. The third-order valence-corrected chi connectivity index (χ3v) is 6.47. The summed E-state index contributed by atoms with van der Waals surface area (Å²) in [5.74, 6) is 0.163. The van der Waals surface area contributed by atoms with Gasteiger partial charge in [0.2, 0.25) is 5.95 Å². The second-order valence-corrected chi connectivity index (χ2v) is 9.43. The van der Waals surface area contributed by atoms with E-state index in [2.05, 4.69) is 15.3 Å². The number of nitrogens with one attached hydrogen (secondary N) is 1. The summed E-state index contributed by atoms with van der Waals surface area (Å²) in [5, 5.41) is 3.33. The Morgan fingerprint density at radius 2 is 1.90 bits per heavy atom. The van der Waals surface area contributed by atoms with E-state index in [0.717, 1.165) is 6.07 Å². The smallest absolute Gasteiger partial charge is 0.269 e. The molecule has 0 unspecified atom stereocenters. The highest BCUT2D eigenvalue weighted by molar-refractivity contribution is 7.91. The summed E-state index contributed by atoms with van der Waals surface area (Å²) in [7, 11) is -3.33. The Bertz CT molecular complexity index is 1270. The third kappa shape index (κ3) is 4.04. The predicted molar refractivity (Wildman–Crippen MR) is 111 cm³/mol. The molecule has 1 N–H and O–H groups in total. The van der Waals surface area contributed by atoms with Crippen LogP contribution in [-0.4, -0.2) is 28.7 Å². The molecule has 2 heterocycles. The van der Waals surface area contributed by atoms with Gasteiger partial charge in [-0.15, -0.1) is 0 Å². The van der Waals surface area contributed by atoms with E-state index in [4.69, 9.17) is 0 Å². The van der Waals surface area contributed by atoms with Crippen LogP contribution in [-0.2, 0) is 9.84 Å². The molecule has 0 aliphatic carbocycles. The Balaban J connectivity index is 2.07. The summed E-state index contributed by atoms with van der Waals surface area (Å²) in [6.45, 7) is 6.75. The highest BCUT2D eigenvalue weighted by atomic mass is 32.2. The Labute approximate surface area is 172 Å². The lowest BCUT2D eigenvalue weighted by Crippen LogP contribution is -2.26. The van der Waals surface area contributed by atoms with Gasteiger partial charge in [0.1, 0.15) is 5.65 Å². The van der Waals surface area contributed by atoms with Crippen LogP contribution in [0, 0.1) is 6.92 Å². The standard InChI is InChI=1S/C20H22F2N4O3S/c1-5-30(28,29)14-6-7-16(12(4)8-14)24-20-23-10-13-9-15(17(21)22)19(27)26(11(2)3)18(13)25-20/h6-11,17H,5H2,1-4H3,(H,23,24,25). The van der Waals surface area contributed by atoms with E-state index in [1.807, 2.05) is 0 Å². The molecule has 0 amide bonds. The fourth-order valence-electron chi connectivity index (χ4n) is 3.09. The van der Waals surface area contributed by atoms with E-state index < -0.39 is 27.4 Å². The van der Waals surface area contributed by atoms with Crippen molar-refractivity contribution in [2.45, 2.75) is 45.1 Å². The first kappa shape index (κ1) is 21.8. The summed E-state index contributed by atoms with van der Waals surface area (Å²) in [6.07, 6.45) is -1.52. The van der Waals surface area contributed by atoms with E-state index in [0.29, 0.717) is 16.6 Å². The van der Waals surface area contributed by atoms with Crippen molar-refractivity contribution in [1.29, 1.82) is 0 Å². The molecule has 0 saturated heterocycles. The van der Waals surface area contributed by atoms with Crippen LogP contribution in [0.3, 0.4) is 0 Å². The van der Waals surface area contributed by atoms with Crippen molar-refractivity contribution in [3.63, 3.8) is 0 Å². The minimum Gasteiger partial charge on any atom is -0.324 e. The monoisotopic (exact) mass is 436 g/mol. The molecule has 0 bridgehead atoms. The number of pyridine rings is 1. The molecule has 30 heavy (non-hydrogen) atoms. The summed E-state index contributed by atoms with van der Waals surface area (Å²) in [6, 6.07) is 5.39. The first-order valence-corrected chi connectivity index (χ1v) is 11.0. The molecular weight excluding hydrogens is 414 g/mol. The minimum absolute atomic E-state index is 0.000334. The van der Waals surface area contributed by atoms with E-state index in [-0.39, 0.29) is 28.3 Å². The van der Waals surface area contributed by atoms with Crippen LogP contribution in [0.25, 0.3) is 11.0 Å². The number of aromatic nitrogens is 3. The molecule has 1 aromatic carbocycles. The van der Waals surface area contributed by atoms with Gasteiger partial charge in [-0.3, -0.25) is 9.36 Å². The minimum atomic E-state index is -3.33. The van der Waals surface area contributed by atoms with Crippen molar-refractivity contribution < 1.29 is 17.2 Å². The fraction of sp³-hybridized carbons (Fsp3) is 0.350. The Morgan fingerprint density at radius 3 is 2.47 bits per heavy atom. The van der Waals surface area contributed by atoms with E-state index in [1.165, 1.54) is 16.8 Å². The predicted octanol–water partition coefficient (Wildman–Crippen LogP) is 4.16. The molecule has 0 aliphatic heterocycles. The maximum absolute atomic E-state index is 13.2. The van der Waals surface area contributed by atoms with Gasteiger partial charge in [-0.2, -0.15) is 4.98 Å². The number of rotatable bonds is 6. The van der Waals surface area contributed by atoms with Gasteiger partial charge in [-0.1, -0.05) is 6.92 Å². The summed E-state index contributed by atoms with van der Waals surface area (Å²) < 4.78 is 51.8. The van der Waals surface area contributed by atoms with Crippen LogP contribution in [0.2, 0.25) is 0 Å². The summed E-state index contributed by atoms with van der Waals surface area (Å²) >= 11 is 0. The zero-order valence-corrected chi connectivity index (χ0v) is 17.8. The normalized spacial score (nSPS) is 12.1. The lowest BCUT2D eigenvalue weighted by molar-refractivity contribution is 0.149. The van der Waals surface area contributed by atoms with Gasteiger partial charge >= 0.3 is 0 Å². The second-order valence-electron chi connectivity index (χ2n) is 7.15. The average molecular weight is 436 g/mol. The van der Waals surface area contributed by atoms with E-state index >= 15 is 0 Å². The molecule has 0 spiro atoms. The number of fused-ring (bicyclic) bond motifs is 1. The molecule has 3 aromatic rings. The van der Waals surface area contributed by atoms with Crippen molar-refractivity contribution >= 4 is 32.5 Å². The van der Waals surface area contributed by atoms with Crippen molar-refractivity contribution in [1.82, 2.24) is 14.5 Å². The highest BCUT2D eigenvalue weighted by Crippen LogP contribution is 2.25. The lowest BCUT2D eigenvalue weighted by Gasteiger charge is -2.16. The average Bonchev–Trinajstić information content (AvgIpc) is 2.68. The second kappa shape index (κ2) is 8.10. The number of nitrogens with zero attached hydrogens (tertiary/aromatic N) is 3. The topological polar surface area (TPSA) is 94.0 Å². The molecule has 0 radical (unpaired) electrons. The van der Waals surface area contributed by atoms with Crippen molar-refractivity contribution in [3.8, 4) is 0 Å². The van der Waals surface area contributed by atoms with Crippen LogP contribution < -0.4 is 10.9 Å². The zero-order chi connectivity index (χ0) is 22.2. The molecule has 7 nitrogen and oxygen atoms in total. The SMILES string of the molecule is CCS(=O)(=O)c1ccc(Nc2ncc3cc(C(F)F)c(=O)n(C(C)C)c3n2)c(C)c1. The zero-order valence-electron chi connectivity index (χ0n) is 17.0. The summed E-state index contributed by atoms with van der Waals surface area (Å²) in [5.41, 5.74) is 0.112. The van der Waals surface area contributed by atoms with Crippen molar-refractivity contribution in [2.24, 2.45) is 0 Å². The number of alkyl halides is 2. The Hall–Kier alpha value is -2.88. The van der Waals surface area contributed by atoms with Crippen molar-refractivity contribution in [2.75, 3.05) is 11.1 Å². The van der Waals surface area contributed by atoms with E-state index in [9.17, 15) is 22.0 Å². The van der Waals surface area contributed by atoms with Gasteiger partial charge in [0.25, 0.3) is 12.0 Å². The highest BCUT2D eigenvalue weighted by Gasteiger charge is 2.20. The van der Waals surface area contributed by atoms with Gasteiger partial charge in [-0.25, -0.2) is 22.2 Å². The van der Waals surface area contributed by atoms with E-state index in [1.54, 1.807) is 39.8 Å². The number of hydrogen-bond acceptors (Lipinski definition) is 6. The molecule has 0 atom stereocenters. The van der Waals surface area contributed by atoms with Gasteiger partial charge < -0.3 is 5.32 Å².